The minimum absolute atomic E-state index is 0.0951. The van der Waals surface area contributed by atoms with Crippen molar-refractivity contribution >= 4 is 12.1 Å². The van der Waals surface area contributed by atoms with Crippen molar-refractivity contribution in [2.45, 2.75) is 51.4 Å². The van der Waals surface area contributed by atoms with Crippen molar-refractivity contribution in [1.29, 1.82) is 0 Å². The van der Waals surface area contributed by atoms with Crippen molar-refractivity contribution in [2.75, 3.05) is 13.2 Å². The van der Waals surface area contributed by atoms with E-state index in [2.05, 4.69) is 5.32 Å². The average Bonchev–Trinajstić information content (AvgIpc) is 3.07. The highest BCUT2D eigenvalue weighted by molar-refractivity contribution is 5.82. The first-order valence-electron chi connectivity index (χ1n) is 10.8. The van der Waals surface area contributed by atoms with Gasteiger partial charge in [-0.3, -0.25) is 0 Å². The Labute approximate surface area is 188 Å². The molecule has 0 aromatic heterocycles. The summed E-state index contributed by atoms with van der Waals surface area (Å²) in [6, 6.07) is 14.8. The standard InChI is InChI=1S/C25H31NO6/c1-15(21(28)13-27)22(23(29)32-25(2,3)4)26-24(30)31-14-20-18-11-7-5-9-16(18)17-10-6-8-12-19(17)20/h5-12,15,20-22,27-28H,13-14H2,1-4H3,(H,26,30). The van der Waals surface area contributed by atoms with Gasteiger partial charge in [-0.25, -0.2) is 9.59 Å². The van der Waals surface area contributed by atoms with Crippen LogP contribution in [0.3, 0.4) is 0 Å². The van der Waals surface area contributed by atoms with Crippen LogP contribution in [0.15, 0.2) is 48.5 Å². The van der Waals surface area contributed by atoms with E-state index < -0.39 is 42.3 Å². The van der Waals surface area contributed by atoms with Crippen LogP contribution in [-0.4, -0.2) is 53.2 Å². The van der Waals surface area contributed by atoms with Crippen LogP contribution in [-0.2, 0) is 14.3 Å². The molecule has 3 N–H and O–H groups in total. The molecule has 2 aromatic carbocycles. The van der Waals surface area contributed by atoms with Crippen LogP contribution < -0.4 is 5.32 Å². The third-order valence-electron chi connectivity index (χ3n) is 5.60. The maximum absolute atomic E-state index is 12.7. The molecule has 0 aliphatic heterocycles. The predicted octanol–water partition coefficient (Wildman–Crippen LogP) is 3.22. The van der Waals surface area contributed by atoms with Gasteiger partial charge in [-0.2, -0.15) is 0 Å². The number of amides is 1. The Morgan fingerprint density at radius 3 is 2.06 bits per heavy atom. The normalized spacial score (nSPS) is 15.8. The van der Waals surface area contributed by atoms with E-state index in [0.717, 1.165) is 22.3 Å². The van der Waals surface area contributed by atoms with Crippen LogP contribution >= 0.6 is 0 Å². The lowest BCUT2D eigenvalue weighted by Crippen LogP contribution is -2.51. The molecule has 0 saturated carbocycles. The number of ether oxygens (including phenoxy) is 2. The SMILES string of the molecule is CC(C(O)CO)C(NC(=O)OCC1c2ccccc2-c2ccccc21)C(=O)OC(C)(C)C. The van der Waals surface area contributed by atoms with Gasteiger partial charge in [-0.05, 0) is 43.0 Å². The Morgan fingerprint density at radius 1 is 1.03 bits per heavy atom. The molecule has 0 radical (unpaired) electrons. The lowest BCUT2D eigenvalue weighted by atomic mass is 9.96. The number of esters is 1. The van der Waals surface area contributed by atoms with Gasteiger partial charge in [0.2, 0.25) is 0 Å². The zero-order valence-electron chi connectivity index (χ0n) is 18.9. The number of fused-ring (bicyclic) bond motifs is 3. The Morgan fingerprint density at radius 2 is 1.56 bits per heavy atom. The Hall–Kier alpha value is -2.90. The summed E-state index contributed by atoms with van der Waals surface area (Å²) in [5.74, 6) is -1.60. The summed E-state index contributed by atoms with van der Waals surface area (Å²) in [5.41, 5.74) is 3.61. The molecule has 0 bridgehead atoms. The summed E-state index contributed by atoms with van der Waals surface area (Å²) >= 11 is 0. The van der Waals surface area contributed by atoms with Gasteiger partial charge < -0.3 is 25.0 Å². The second kappa shape index (κ2) is 9.71. The van der Waals surface area contributed by atoms with Crippen molar-refractivity contribution in [3.8, 4) is 11.1 Å². The molecule has 0 fully saturated rings. The lowest BCUT2D eigenvalue weighted by molar-refractivity contribution is -0.160. The van der Waals surface area contributed by atoms with Crippen molar-refractivity contribution < 1.29 is 29.3 Å². The molecular formula is C25H31NO6. The molecule has 0 saturated heterocycles. The molecule has 1 aliphatic carbocycles. The summed E-state index contributed by atoms with van der Waals surface area (Å²) in [6.07, 6.45) is -2.00. The number of benzene rings is 2. The van der Waals surface area contributed by atoms with Gasteiger partial charge in [0.1, 0.15) is 18.2 Å². The number of rotatable bonds is 7. The van der Waals surface area contributed by atoms with Crippen LogP contribution in [0.2, 0.25) is 0 Å². The number of carbonyl (C=O) groups is 2. The van der Waals surface area contributed by atoms with Crippen LogP contribution in [0.25, 0.3) is 11.1 Å². The molecule has 172 valence electrons. The van der Waals surface area contributed by atoms with E-state index in [1.165, 1.54) is 0 Å². The van der Waals surface area contributed by atoms with E-state index in [-0.39, 0.29) is 12.5 Å². The Kier molecular flexibility index (Phi) is 7.21. The second-order valence-electron chi connectivity index (χ2n) is 9.09. The van der Waals surface area contributed by atoms with Gasteiger partial charge in [0.15, 0.2) is 0 Å². The van der Waals surface area contributed by atoms with Crippen molar-refractivity contribution in [3.63, 3.8) is 0 Å². The molecule has 1 amide bonds. The van der Waals surface area contributed by atoms with Crippen LogP contribution in [0, 0.1) is 5.92 Å². The highest BCUT2D eigenvalue weighted by Gasteiger charge is 2.36. The molecule has 3 atom stereocenters. The quantitative estimate of drug-likeness (QED) is 0.570. The maximum Gasteiger partial charge on any atom is 0.407 e. The van der Waals surface area contributed by atoms with Gasteiger partial charge in [0, 0.05) is 11.8 Å². The topological polar surface area (TPSA) is 105 Å². The number of hydrogen-bond donors (Lipinski definition) is 3. The van der Waals surface area contributed by atoms with Crippen molar-refractivity contribution in [1.82, 2.24) is 5.32 Å². The molecule has 7 heteroatoms. The lowest BCUT2D eigenvalue weighted by Gasteiger charge is -2.29. The molecule has 3 unspecified atom stereocenters. The van der Waals surface area contributed by atoms with Crippen molar-refractivity contribution in [3.05, 3.63) is 59.7 Å². The van der Waals surface area contributed by atoms with Crippen molar-refractivity contribution in [2.24, 2.45) is 5.92 Å². The Balaban J connectivity index is 1.72. The largest absolute Gasteiger partial charge is 0.458 e. The number of nitrogens with one attached hydrogen (secondary N) is 1. The van der Waals surface area contributed by atoms with Gasteiger partial charge in [0.25, 0.3) is 0 Å². The zero-order chi connectivity index (χ0) is 23.5. The summed E-state index contributed by atoms with van der Waals surface area (Å²) < 4.78 is 10.9. The third-order valence-corrected chi connectivity index (χ3v) is 5.60. The molecule has 32 heavy (non-hydrogen) atoms. The minimum atomic E-state index is -1.21. The first kappa shape index (κ1) is 23.8. The molecule has 2 aromatic rings. The first-order valence-corrected chi connectivity index (χ1v) is 10.8. The number of alkyl carbamates (subject to hydrolysis) is 1. The molecule has 0 heterocycles. The minimum Gasteiger partial charge on any atom is -0.458 e. The molecule has 0 spiro atoms. The smallest absolute Gasteiger partial charge is 0.407 e. The maximum atomic E-state index is 12.7. The van der Waals surface area contributed by atoms with Gasteiger partial charge in [-0.15, -0.1) is 0 Å². The van der Waals surface area contributed by atoms with E-state index >= 15 is 0 Å². The third kappa shape index (κ3) is 5.29. The van der Waals surface area contributed by atoms with Gasteiger partial charge >= 0.3 is 12.1 Å². The van der Waals surface area contributed by atoms with E-state index in [0.29, 0.717) is 0 Å². The number of carbonyl (C=O) groups excluding carboxylic acids is 2. The van der Waals surface area contributed by atoms with Crippen LogP contribution in [0.1, 0.15) is 44.7 Å². The monoisotopic (exact) mass is 441 g/mol. The fourth-order valence-corrected chi connectivity index (χ4v) is 3.93. The predicted molar refractivity (Wildman–Crippen MR) is 120 cm³/mol. The van der Waals surface area contributed by atoms with Gasteiger partial charge in [0.05, 0.1) is 12.7 Å². The molecule has 7 nitrogen and oxygen atoms in total. The number of aliphatic hydroxyl groups is 2. The number of hydrogen-bond acceptors (Lipinski definition) is 6. The fraction of sp³-hybridized carbons (Fsp3) is 0.440. The first-order chi connectivity index (χ1) is 15.1. The molecule has 1 aliphatic rings. The second-order valence-corrected chi connectivity index (χ2v) is 9.09. The molecular weight excluding hydrogens is 410 g/mol. The summed E-state index contributed by atoms with van der Waals surface area (Å²) in [4.78, 5) is 25.3. The van der Waals surface area contributed by atoms with E-state index in [1.807, 2.05) is 48.5 Å². The van der Waals surface area contributed by atoms with Crippen LogP contribution in [0.5, 0.6) is 0 Å². The summed E-state index contributed by atoms with van der Waals surface area (Å²) in [6.45, 7) is 6.23. The summed E-state index contributed by atoms with van der Waals surface area (Å²) in [7, 11) is 0. The zero-order valence-corrected chi connectivity index (χ0v) is 18.9. The Bertz CT molecular complexity index is 921. The molecule has 3 rings (SSSR count). The highest BCUT2D eigenvalue weighted by atomic mass is 16.6. The fourth-order valence-electron chi connectivity index (χ4n) is 3.93. The van der Waals surface area contributed by atoms with Gasteiger partial charge in [-0.1, -0.05) is 55.5 Å². The number of aliphatic hydroxyl groups excluding tert-OH is 2. The highest BCUT2D eigenvalue weighted by Crippen LogP contribution is 2.44. The van der Waals surface area contributed by atoms with E-state index in [1.54, 1.807) is 27.7 Å². The summed E-state index contributed by atoms with van der Waals surface area (Å²) in [5, 5.41) is 21.8. The van der Waals surface area contributed by atoms with E-state index in [4.69, 9.17) is 9.47 Å². The van der Waals surface area contributed by atoms with Crippen LogP contribution in [0.4, 0.5) is 4.79 Å². The van der Waals surface area contributed by atoms with E-state index in [9.17, 15) is 19.8 Å². The average molecular weight is 442 g/mol.